The highest BCUT2D eigenvalue weighted by atomic mass is 35.5. The van der Waals surface area contributed by atoms with E-state index in [1.807, 2.05) is 0 Å². The molecule has 0 bridgehead atoms. The molecule has 0 unspecified atom stereocenters. The zero-order chi connectivity index (χ0) is 9.19. The number of sulfonamides is 1. The van der Waals surface area contributed by atoms with E-state index in [4.69, 9.17) is 0 Å². The van der Waals surface area contributed by atoms with E-state index in [9.17, 15) is 8.42 Å². The Morgan fingerprint density at radius 1 is 1.31 bits per heavy atom. The molecule has 1 fully saturated rings. The first-order valence-electron chi connectivity index (χ1n) is 4.15. The largest absolute Gasteiger partial charge is 0.317 e. The average Bonchev–Trinajstić information content (AvgIpc) is 2.03. The summed E-state index contributed by atoms with van der Waals surface area (Å²) in [7, 11) is -1.34. The van der Waals surface area contributed by atoms with Crippen molar-refractivity contribution in [3.8, 4) is 0 Å². The standard InChI is InChI=1S/C7H16N2O2S.ClH/c1-9(12(2,10)11)7-3-5-8-6-4-7;/h7-8H,3-6H2,1-2H3;1H. The Hall–Kier alpha value is 0.160. The molecule has 1 heterocycles. The summed E-state index contributed by atoms with van der Waals surface area (Å²) in [4.78, 5) is 0. The molecular weight excluding hydrogens is 212 g/mol. The van der Waals surface area contributed by atoms with Crippen molar-refractivity contribution >= 4 is 22.4 Å². The second kappa shape index (κ2) is 5.14. The van der Waals surface area contributed by atoms with Crippen molar-refractivity contribution in [1.82, 2.24) is 9.62 Å². The van der Waals surface area contributed by atoms with Crippen LogP contribution in [0, 0.1) is 0 Å². The van der Waals surface area contributed by atoms with Gasteiger partial charge in [0.05, 0.1) is 6.26 Å². The van der Waals surface area contributed by atoms with Crippen molar-refractivity contribution in [2.75, 3.05) is 26.4 Å². The Morgan fingerprint density at radius 3 is 2.15 bits per heavy atom. The predicted molar refractivity (Wildman–Crippen MR) is 55.7 cm³/mol. The van der Waals surface area contributed by atoms with Crippen LogP contribution in [0.25, 0.3) is 0 Å². The molecular formula is C7H17ClN2O2S. The first kappa shape index (κ1) is 13.2. The first-order chi connectivity index (χ1) is 5.52. The van der Waals surface area contributed by atoms with Crippen LogP contribution in [-0.4, -0.2) is 45.2 Å². The molecule has 13 heavy (non-hydrogen) atoms. The van der Waals surface area contributed by atoms with Gasteiger partial charge in [-0.25, -0.2) is 12.7 Å². The second-order valence-electron chi connectivity index (χ2n) is 3.26. The fourth-order valence-corrected chi connectivity index (χ4v) is 2.19. The van der Waals surface area contributed by atoms with Gasteiger partial charge in [0.25, 0.3) is 0 Å². The van der Waals surface area contributed by atoms with Crippen LogP contribution in [0.1, 0.15) is 12.8 Å². The molecule has 0 aromatic heterocycles. The zero-order valence-corrected chi connectivity index (χ0v) is 9.62. The lowest BCUT2D eigenvalue weighted by molar-refractivity contribution is 0.298. The lowest BCUT2D eigenvalue weighted by atomic mass is 10.1. The molecule has 1 saturated heterocycles. The Balaban J connectivity index is 0.00000144. The molecule has 0 spiro atoms. The summed E-state index contributed by atoms with van der Waals surface area (Å²) in [6.45, 7) is 1.84. The Labute approximate surface area is 86.1 Å². The molecule has 1 aliphatic rings. The minimum atomic E-state index is -3.00. The minimum Gasteiger partial charge on any atom is -0.317 e. The quantitative estimate of drug-likeness (QED) is 0.727. The van der Waals surface area contributed by atoms with Crippen molar-refractivity contribution in [3.05, 3.63) is 0 Å². The third-order valence-corrected chi connectivity index (χ3v) is 3.69. The molecule has 1 rings (SSSR count). The highest BCUT2D eigenvalue weighted by Crippen LogP contribution is 2.12. The highest BCUT2D eigenvalue weighted by Gasteiger charge is 2.23. The molecule has 0 aromatic rings. The van der Waals surface area contributed by atoms with Gasteiger partial charge in [-0.2, -0.15) is 0 Å². The van der Waals surface area contributed by atoms with E-state index in [2.05, 4.69) is 5.32 Å². The highest BCUT2D eigenvalue weighted by molar-refractivity contribution is 7.88. The van der Waals surface area contributed by atoms with Crippen LogP contribution in [-0.2, 0) is 10.0 Å². The maximum absolute atomic E-state index is 11.1. The van der Waals surface area contributed by atoms with Crippen molar-refractivity contribution < 1.29 is 8.42 Å². The topological polar surface area (TPSA) is 49.4 Å². The third kappa shape index (κ3) is 3.81. The van der Waals surface area contributed by atoms with Gasteiger partial charge in [-0.3, -0.25) is 0 Å². The molecule has 0 aliphatic carbocycles. The number of nitrogens with zero attached hydrogens (tertiary/aromatic N) is 1. The van der Waals surface area contributed by atoms with Crippen LogP contribution in [0.4, 0.5) is 0 Å². The Bertz CT molecular complexity index is 237. The molecule has 6 heteroatoms. The molecule has 1 N–H and O–H groups in total. The van der Waals surface area contributed by atoms with Gasteiger partial charge in [0.15, 0.2) is 0 Å². The molecule has 4 nitrogen and oxygen atoms in total. The monoisotopic (exact) mass is 228 g/mol. The van der Waals surface area contributed by atoms with Gasteiger partial charge in [-0.05, 0) is 25.9 Å². The zero-order valence-electron chi connectivity index (χ0n) is 7.99. The number of hydrogen-bond donors (Lipinski definition) is 1. The van der Waals surface area contributed by atoms with Gasteiger partial charge >= 0.3 is 0 Å². The molecule has 1 aliphatic heterocycles. The number of rotatable bonds is 2. The molecule has 80 valence electrons. The van der Waals surface area contributed by atoms with E-state index in [-0.39, 0.29) is 18.4 Å². The van der Waals surface area contributed by atoms with Crippen LogP contribution in [0.2, 0.25) is 0 Å². The van der Waals surface area contributed by atoms with E-state index in [0.29, 0.717) is 0 Å². The van der Waals surface area contributed by atoms with Gasteiger partial charge < -0.3 is 5.32 Å². The fourth-order valence-electron chi connectivity index (χ4n) is 1.44. The second-order valence-corrected chi connectivity index (χ2v) is 5.30. The summed E-state index contributed by atoms with van der Waals surface area (Å²) in [6, 6.07) is 0.196. The van der Waals surface area contributed by atoms with Gasteiger partial charge in [0.1, 0.15) is 0 Å². The number of piperidine rings is 1. The SMILES string of the molecule is CN(C1CCNCC1)S(C)(=O)=O.Cl. The maximum atomic E-state index is 11.1. The number of hydrogen-bond acceptors (Lipinski definition) is 3. The van der Waals surface area contributed by atoms with E-state index < -0.39 is 10.0 Å². The molecule has 0 amide bonds. The smallest absolute Gasteiger partial charge is 0.211 e. The molecule has 0 saturated carbocycles. The summed E-state index contributed by atoms with van der Waals surface area (Å²) < 4.78 is 23.8. The van der Waals surface area contributed by atoms with Crippen molar-refractivity contribution in [2.45, 2.75) is 18.9 Å². The van der Waals surface area contributed by atoms with Gasteiger partial charge in [0.2, 0.25) is 10.0 Å². The normalized spacial score (nSPS) is 19.9. The minimum absolute atomic E-state index is 0. The summed E-state index contributed by atoms with van der Waals surface area (Å²) in [5.41, 5.74) is 0. The summed E-state index contributed by atoms with van der Waals surface area (Å²) >= 11 is 0. The average molecular weight is 229 g/mol. The van der Waals surface area contributed by atoms with E-state index in [1.54, 1.807) is 7.05 Å². The Morgan fingerprint density at radius 2 is 1.77 bits per heavy atom. The summed E-state index contributed by atoms with van der Waals surface area (Å²) in [5, 5.41) is 3.20. The van der Waals surface area contributed by atoms with Crippen molar-refractivity contribution in [1.29, 1.82) is 0 Å². The number of nitrogens with one attached hydrogen (secondary N) is 1. The van der Waals surface area contributed by atoms with Crippen LogP contribution in [0.5, 0.6) is 0 Å². The van der Waals surface area contributed by atoms with Gasteiger partial charge in [-0.1, -0.05) is 0 Å². The lowest BCUT2D eigenvalue weighted by Gasteiger charge is -2.29. The predicted octanol–water partition coefficient (Wildman–Crippen LogP) is 0.0516. The molecule has 0 radical (unpaired) electrons. The third-order valence-electron chi connectivity index (χ3n) is 2.35. The molecule has 0 aromatic carbocycles. The van der Waals surface area contributed by atoms with Crippen molar-refractivity contribution in [2.24, 2.45) is 0 Å². The van der Waals surface area contributed by atoms with Crippen molar-refractivity contribution in [3.63, 3.8) is 0 Å². The van der Waals surface area contributed by atoms with E-state index >= 15 is 0 Å². The van der Waals surface area contributed by atoms with Gasteiger partial charge in [0, 0.05) is 13.1 Å². The molecule has 0 atom stereocenters. The van der Waals surface area contributed by atoms with Crippen LogP contribution < -0.4 is 5.32 Å². The Kier molecular flexibility index (Phi) is 5.21. The van der Waals surface area contributed by atoms with Gasteiger partial charge in [-0.15, -0.1) is 12.4 Å². The summed E-state index contributed by atoms with van der Waals surface area (Å²) in [5.74, 6) is 0. The van der Waals surface area contributed by atoms with E-state index in [1.165, 1.54) is 10.6 Å². The fraction of sp³-hybridized carbons (Fsp3) is 1.00. The first-order valence-corrected chi connectivity index (χ1v) is 6.00. The number of halogens is 1. The van der Waals surface area contributed by atoms with E-state index in [0.717, 1.165) is 25.9 Å². The maximum Gasteiger partial charge on any atom is 0.211 e. The van der Waals surface area contributed by atoms with Crippen LogP contribution in [0.15, 0.2) is 0 Å². The summed E-state index contributed by atoms with van der Waals surface area (Å²) in [6.07, 6.45) is 3.10. The van der Waals surface area contributed by atoms with Crippen LogP contribution >= 0.6 is 12.4 Å². The lowest BCUT2D eigenvalue weighted by Crippen LogP contribution is -2.43. The van der Waals surface area contributed by atoms with Crippen LogP contribution in [0.3, 0.4) is 0 Å².